The van der Waals surface area contributed by atoms with Crippen LogP contribution in [0.4, 0.5) is 0 Å². The van der Waals surface area contributed by atoms with Crippen molar-refractivity contribution in [3.05, 3.63) is 35.2 Å². The van der Waals surface area contributed by atoms with Crippen molar-refractivity contribution in [2.24, 2.45) is 0 Å². The molecular formula is C13H14ClN3O. The summed E-state index contributed by atoms with van der Waals surface area (Å²) < 4.78 is 5.74. The SMILES string of the molecule is Clc1ccccc1-c1nnc(C2CCCNC2)o1. The first-order chi connectivity index (χ1) is 8.84. The molecule has 1 N–H and O–H groups in total. The Bertz CT molecular complexity index is 535. The fraction of sp³-hybridized carbons (Fsp3) is 0.385. The zero-order chi connectivity index (χ0) is 12.4. The third kappa shape index (κ3) is 2.26. The normalized spacial score (nSPS) is 19.9. The molecule has 1 fully saturated rings. The number of halogens is 1. The third-order valence-electron chi connectivity index (χ3n) is 3.19. The highest BCUT2D eigenvalue weighted by atomic mass is 35.5. The number of nitrogens with zero attached hydrogens (tertiary/aromatic N) is 2. The smallest absolute Gasteiger partial charge is 0.249 e. The van der Waals surface area contributed by atoms with Crippen LogP contribution in [0.1, 0.15) is 24.7 Å². The van der Waals surface area contributed by atoms with E-state index in [0.29, 0.717) is 22.7 Å². The molecule has 1 unspecified atom stereocenters. The van der Waals surface area contributed by atoms with Crippen molar-refractivity contribution in [2.45, 2.75) is 18.8 Å². The third-order valence-corrected chi connectivity index (χ3v) is 3.52. The highest BCUT2D eigenvalue weighted by Gasteiger charge is 2.21. The summed E-state index contributed by atoms with van der Waals surface area (Å²) in [5.41, 5.74) is 0.793. The second-order valence-electron chi connectivity index (χ2n) is 4.47. The van der Waals surface area contributed by atoms with E-state index in [2.05, 4.69) is 15.5 Å². The Balaban J connectivity index is 1.87. The number of benzene rings is 1. The molecule has 1 atom stereocenters. The first-order valence-electron chi connectivity index (χ1n) is 6.13. The predicted molar refractivity (Wildman–Crippen MR) is 69.6 cm³/mol. The fourth-order valence-corrected chi connectivity index (χ4v) is 2.42. The van der Waals surface area contributed by atoms with Gasteiger partial charge in [-0.05, 0) is 31.5 Å². The summed E-state index contributed by atoms with van der Waals surface area (Å²) in [6.45, 7) is 1.98. The molecule has 4 nitrogen and oxygen atoms in total. The number of hydrogen-bond donors (Lipinski definition) is 1. The lowest BCUT2D eigenvalue weighted by molar-refractivity contribution is 0.380. The zero-order valence-corrected chi connectivity index (χ0v) is 10.7. The largest absolute Gasteiger partial charge is 0.420 e. The molecule has 1 aliphatic heterocycles. The molecule has 1 aliphatic rings. The Labute approximate surface area is 110 Å². The van der Waals surface area contributed by atoms with Gasteiger partial charge in [0.25, 0.3) is 0 Å². The molecule has 0 aliphatic carbocycles. The lowest BCUT2D eigenvalue weighted by Gasteiger charge is -2.18. The molecule has 0 saturated carbocycles. The summed E-state index contributed by atoms with van der Waals surface area (Å²) in [5.74, 6) is 1.53. The fourth-order valence-electron chi connectivity index (χ4n) is 2.21. The molecule has 18 heavy (non-hydrogen) atoms. The van der Waals surface area contributed by atoms with E-state index in [0.717, 1.165) is 31.5 Å². The summed E-state index contributed by atoms with van der Waals surface area (Å²) in [7, 11) is 0. The van der Waals surface area contributed by atoms with Crippen molar-refractivity contribution < 1.29 is 4.42 Å². The van der Waals surface area contributed by atoms with E-state index in [-0.39, 0.29) is 0 Å². The van der Waals surface area contributed by atoms with E-state index in [4.69, 9.17) is 16.0 Å². The molecule has 5 heteroatoms. The maximum absolute atomic E-state index is 6.11. The standard InChI is InChI=1S/C13H14ClN3O/c14-11-6-2-1-5-10(11)13-17-16-12(18-13)9-4-3-7-15-8-9/h1-2,5-6,9,15H,3-4,7-8H2. The maximum Gasteiger partial charge on any atom is 0.249 e. The first kappa shape index (κ1) is 11.7. The van der Waals surface area contributed by atoms with Crippen molar-refractivity contribution in [3.63, 3.8) is 0 Å². The van der Waals surface area contributed by atoms with Gasteiger partial charge in [0.15, 0.2) is 0 Å². The molecule has 94 valence electrons. The minimum Gasteiger partial charge on any atom is -0.420 e. The summed E-state index contributed by atoms with van der Waals surface area (Å²) in [4.78, 5) is 0. The van der Waals surface area contributed by atoms with Crippen LogP contribution in [-0.2, 0) is 0 Å². The van der Waals surface area contributed by atoms with Crippen LogP contribution in [-0.4, -0.2) is 23.3 Å². The van der Waals surface area contributed by atoms with Crippen molar-refractivity contribution in [1.29, 1.82) is 0 Å². The highest BCUT2D eigenvalue weighted by molar-refractivity contribution is 6.33. The van der Waals surface area contributed by atoms with Crippen LogP contribution in [0, 0.1) is 0 Å². The van der Waals surface area contributed by atoms with E-state index >= 15 is 0 Å². The molecule has 2 aromatic rings. The second-order valence-corrected chi connectivity index (χ2v) is 4.88. The maximum atomic E-state index is 6.11. The Morgan fingerprint density at radius 1 is 1.28 bits per heavy atom. The number of nitrogens with one attached hydrogen (secondary N) is 1. The van der Waals surface area contributed by atoms with Gasteiger partial charge in [0, 0.05) is 12.5 Å². The molecule has 2 heterocycles. The zero-order valence-electron chi connectivity index (χ0n) is 9.90. The minimum atomic E-state index is 0.322. The van der Waals surface area contributed by atoms with Crippen molar-refractivity contribution in [2.75, 3.05) is 13.1 Å². The van der Waals surface area contributed by atoms with E-state index in [1.54, 1.807) is 0 Å². The quantitative estimate of drug-likeness (QED) is 0.905. The van der Waals surface area contributed by atoms with Crippen LogP contribution < -0.4 is 5.32 Å². The van der Waals surface area contributed by atoms with E-state index in [9.17, 15) is 0 Å². The average molecular weight is 264 g/mol. The van der Waals surface area contributed by atoms with Gasteiger partial charge in [0.05, 0.1) is 10.6 Å². The van der Waals surface area contributed by atoms with Gasteiger partial charge in [0.1, 0.15) is 0 Å². The van der Waals surface area contributed by atoms with Gasteiger partial charge in [0.2, 0.25) is 11.8 Å². The van der Waals surface area contributed by atoms with Gasteiger partial charge in [-0.2, -0.15) is 0 Å². The number of rotatable bonds is 2. The van der Waals surface area contributed by atoms with Crippen LogP contribution in [0.25, 0.3) is 11.5 Å². The topological polar surface area (TPSA) is 51.0 Å². The number of hydrogen-bond acceptors (Lipinski definition) is 4. The average Bonchev–Trinajstić information content (AvgIpc) is 2.90. The molecule has 1 aromatic heterocycles. The predicted octanol–water partition coefficient (Wildman–Crippen LogP) is 2.86. The van der Waals surface area contributed by atoms with Crippen LogP contribution in [0.3, 0.4) is 0 Å². The van der Waals surface area contributed by atoms with Crippen molar-refractivity contribution in [3.8, 4) is 11.5 Å². The Morgan fingerprint density at radius 3 is 2.94 bits per heavy atom. The molecule has 0 amide bonds. The molecule has 3 rings (SSSR count). The monoisotopic (exact) mass is 263 g/mol. The summed E-state index contributed by atoms with van der Waals surface area (Å²) >= 11 is 6.11. The Morgan fingerprint density at radius 2 is 2.17 bits per heavy atom. The Hall–Kier alpha value is -1.39. The second kappa shape index (κ2) is 5.08. The van der Waals surface area contributed by atoms with Gasteiger partial charge < -0.3 is 9.73 Å². The minimum absolute atomic E-state index is 0.322. The van der Waals surface area contributed by atoms with Gasteiger partial charge in [-0.3, -0.25) is 0 Å². The molecule has 0 radical (unpaired) electrons. The van der Waals surface area contributed by atoms with Gasteiger partial charge >= 0.3 is 0 Å². The molecular weight excluding hydrogens is 250 g/mol. The molecule has 1 saturated heterocycles. The van der Waals surface area contributed by atoms with Crippen molar-refractivity contribution >= 4 is 11.6 Å². The lowest BCUT2D eigenvalue weighted by atomic mass is 10.00. The first-order valence-corrected chi connectivity index (χ1v) is 6.51. The number of piperidine rings is 1. The lowest BCUT2D eigenvalue weighted by Crippen LogP contribution is -2.28. The van der Waals surface area contributed by atoms with E-state index < -0.39 is 0 Å². The van der Waals surface area contributed by atoms with Crippen LogP contribution in [0.5, 0.6) is 0 Å². The van der Waals surface area contributed by atoms with Gasteiger partial charge in [-0.25, -0.2) is 0 Å². The number of aromatic nitrogens is 2. The summed E-state index contributed by atoms with van der Waals surface area (Å²) in [6.07, 6.45) is 2.24. The van der Waals surface area contributed by atoms with Crippen LogP contribution in [0.15, 0.2) is 28.7 Å². The van der Waals surface area contributed by atoms with Gasteiger partial charge in [-0.15, -0.1) is 10.2 Å². The summed E-state index contributed by atoms with van der Waals surface area (Å²) in [5, 5.41) is 12.2. The summed E-state index contributed by atoms with van der Waals surface area (Å²) in [6, 6.07) is 7.50. The van der Waals surface area contributed by atoms with Crippen molar-refractivity contribution in [1.82, 2.24) is 15.5 Å². The van der Waals surface area contributed by atoms with Crippen LogP contribution in [0.2, 0.25) is 5.02 Å². The molecule has 1 aromatic carbocycles. The van der Waals surface area contributed by atoms with E-state index in [1.165, 1.54) is 0 Å². The van der Waals surface area contributed by atoms with E-state index in [1.807, 2.05) is 24.3 Å². The molecule has 0 spiro atoms. The highest BCUT2D eigenvalue weighted by Crippen LogP contribution is 2.29. The van der Waals surface area contributed by atoms with Gasteiger partial charge in [-0.1, -0.05) is 23.7 Å². The Kier molecular flexibility index (Phi) is 3.30. The van der Waals surface area contributed by atoms with Crippen LogP contribution >= 0.6 is 11.6 Å². The molecule has 0 bridgehead atoms.